The van der Waals surface area contributed by atoms with Gasteiger partial charge in [-0.2, -0.15) is 0 Å². The van der Waals surface area contributed by atoms with E-state index in [-0.39, 0.29) is 12.1 Å². The standard InChI is InChI=1S/C20H29NO3S/c22-20(10-11-21-12-14-23-15-13-21)24-18-8-4-5-9-19(18)25-16-17-6-2-1-3-7-17/h1-3,6-7,18-19H,4-5,8-16H2. The molecule has 1 heterocycles. The molecule has 2 unspecified atom stereocenters. The highest BCUT2D eigenvalue weighted by Gasteiger charge is 2.28. The fourth-order valence-electron chi connectivity index (χ4n) is 3.47. The van der Waals surface area contributed by atoms with Crippen LogP contribution in [0.3, 0.4) is 0 Å². The first kappa shape index (κ1) is 18.7. The Hall–Kier alpha value is -1.04. The van der Waals surface area contributed by atoms with E-state index >= 15 is 0 Å². The summed E-state index contributed by atoms with van der Waals surface area (Å²) >= 11 is 1.94. The molecule has 0 N–H and O–H groups in total. The summed E-state index contributed by atoms with van der Waals surface area (Å²) in [5.41, 5.74) is 1.34. The number of thioether (sulfide) groups is 1. The summed E-state index contributed by atoms with van der Waals surface area (Å²) in [5, 5.41) is 0.432. The van der Waals surface area contributed by atoms with Gasteiger partial charge in [0.2, 0.25) is 0 Å². The van der Waals surface area contributed by atoms with Crippen LogP contribution in [0.5, 0.6) is 0 Å². The lowest BCUT2D eigenvalue weighted by atomic mass is 9.97. The predicted molar refractivity (Wildman–Crippen MR) is 102 cm³/mol. The molecule has 138 valence electrons. The first-order valence-electron chi connectivity index (χ1n) is 9.46. The third-order valence-electron chi connectivity index (χ3n) is 4.97. The summed E-state index contributed by atoms with van der Waals surface area (Å²) in [6.07, 6.45) is 5.15. The molecule has 0 amide bonds. The van der Waals surface area contributed by atoms with Crippen LogP contribution in [-0.4, -0.2) is 55.1 Å². The van der Waals surface area contributed by atoms with E-state index in [1.807, 2.05) is 17.8 Å². The summed E-state index contributed by atoms with van der Waals surface area (Å²) in [6.45, 7) is 4.18. The van der Waals surface area contributed by atoms with Crippen LogP contribution in [0.4, 0.5) is 0 Å². The fourth-order valence-corrected chi connectivity index (χ4v) is 4.81. The van der Waals surface area contributed by atoms with Gasteiger partial charge in [0, 0.05) is 30.6 Å². The molecule has 0 radical (unpaired) electrons. The van der Waals surface area contributed by atoms with Crippen molar-refractivity contribution in [3.8, 4) is 0 Å². The van der Waals surface area contributed by atoms with Crippen LogP contribution < -0.4 is 0 Å². The van der Waals surface area contributed by atoms with Crippen LogP contribution in [0.1, 0.15) is 37.7 Å². The van der Waals surface area contributed by atoms with Gasteiger partial charge in [-0.3, -0.25) is 9.69 Å². The van der Waals surface area contributed by atoms with Crippen LogP contribution in [0.2, 0.25) is 0 Å². The van der Waals surface area contributed by atoms with Crippen LogP contribution >= 0.6 is 11.8 Å². The van der Waals surface area contributed by atoms with Crippen LogP contribution in [0, 0.1) is 0 Å². The first-order valence-corrected chi connectivity index (χ1v) is 10.5. The molecule has 2 aliphatic rings. The number of esters is 1. The van der Waals surface area contributed by atoms with Gasteiger partial charge in [-0.1, -0.05) is 36.8 Å². The second kappa shape index (κ2) is 10.2. The van der Waals surface area contributed by atoms with Crippen molar-refractivity contribution in [2.24, 2.45) is 0 Å². The summed E-state index contributed by atoms with van der Waals surface area (Å²) < 4.78 is 11.2. The molecule has 1 saturated carbocycles. The summed E-state index contributed by atoms with van der Waals surface area (Å²) in [4.78, 5) is 14.6. The number of morpholine rings is 1. The molecule has 1 aromatic carbocycles. The molecule has 1 aromatic rings. The second-order valence-corrected chi connectivity index (χ2v) is 8.08. The molecule has 2 atom stereocenters. The van der Waals surface area contributed by atoms with E-state index < -0.39 is 0 Å². The zero-order valence-electron chi connectivity index (χ0n) is 14.9. The Morgan fingerprint density at radius 3 is 2.72 bits per heavy atom. The van der Waals surface area contributed by atoms with Crippen molar-refractivity contribution in [2.75, 3.05) is 32.8 Å². The average Bonchev–Trinajstić information content (AvgIpc) is 2.67. The topological polar surface area (TPSA) is 38.8 Å². The van der Waals surface area contributed by atoms with Gasteiger partial charge in [-0.05, 0) is 24.8 Å². The molecule has 25 heavy (non-hydrogen) atoms. The van der Waals surface area contributed by atoms with Gasteiger partial charge in [0.15, 0.2) is 0 Å². The Balaban J connectivity index is 1.42. The molecule has 2 fully saturated rings. The number of carbonyl (C=O) groups excluding carboxylic acids is 1. The van der Waals surface area contributed by atoms with Crippen LogP contribution in [-0.2, 0) is 20.0 Å². The highest BCUT2D eigenvalue weighted by molar-refractivity contribution is 7.99. The monoisotopic (exact) mass is 363 g/mol. The van der Waals surface area contributed by atoms with Crippen molar-refractivity contribution >= 4 is 17.7 Å². The molecule has 1 saturated heterocycles. The number of nitrogens with zero attached hydrogens (tertiary/aromatic N) is 1. The Morgan fingerprint density at radius 2 is 1.92 bits per heavy atom. The Kier molecular flexibility index (Phi) is 7.64. The molecule has 0 bridgehead atoms. The van der Waals surface area contributed by atoms with Crippen molar-refractivity contribution in [1.29, 1.82) is 0 Å². The fraction of sp³-hybridized carbons (Fsp3) is 0.650. The van der Waals surface area contributed by atoms with Gasteiger partial charge >= 0.3 is 5.97 Å². The van der Waals surface area contributed by atoms with Gasteiger partial charge in [0.1, 0.15) is 6.10 Å². The minimum atomic E-state index is -0.0382. The minimum absolute atomic E-state index is 0.0382. The quantitative estimate of drug-likeness (QED) is 0.693. The number of rotatable bonds is 7. The number of hydrogen-bond acceptors (Lipinski definition) is 5. The van der Waals surface area contributed by atoms with E-state index in [1.165, 1.54) is 18.4 Å². The third kappa shape index (κ3) is 6.32. The number of benzene rings is 1. The summed E-state index contributed by atoms with van der Waals surface area (Å²) in [7, 11) is 0. The van der Waals surface area contributed by atoms with Crippen molar-refractivity contribution in [1.82, 2.24) is 4.90 Å². The molecule has 1 aliphatic carbocycles. The smallest absolute Gasteiger partial charge is 0.307 e. The van der Waals surface area contributed by atoms with E-state index in [1.54, 1.807) is 0 Å². The molecule has 5 heteroatoms. The molecular formula is C20H29NO3S. The number of carbonyl (C=O) groups is 1. The Bertz CT molecular complexity index is 519. The van der Waals surface area contributed by atoms with E-state index in [9.17, 15) is 4.79 Å². The molecule has 0 spiro atoms. The van der Waals surface area contributed by atoms with E-state index in [0.29, 0.717) is 11.7 Å². The molecular weight excluding hydrogens is 334 g/mol. The molecule has 1 aliphatic heterocycles. The van der Waals surface area contributed by atoms with E-state index in [0.717, 1.165) is 51.4 Å². The Labute approximate surface area is 155 Å². The van der Waals surface area contributed by atoms with E-state index in [2.05, 4.69) is 29.2 Å². The van der Waals surface area contributed by atoms with Gasteiger partial charge in [-0.15, -0.1) is 11.8 Å². The largest absolute Gasteiger partial charge is 0.461 e. The van der Waals surface area contributed by atoms with Gasteiger partial charge in [-0.25, -0.2) is 0 Å². The van der Waals surface area contributed by atoms with Crippen molar-refractivity contribution in [3.05, 3.63) is 35.9 Å². The Morgan fingerprint density at radius 1 is 1.16 bits per heavy atom. The van der Waals surface area contributed by atoms with Crippen molar-refractivity contribution in [2.45, 2.75) is 49.2 Å². The minimum Gasteiger partial charge on any atom is -0.461 e. The van der Waals surface area contributed by atoms with Gasteiger partial charge < -0.3 is 9.47 Å². The zero-order chi connectivity index (χ0) is 17.3. The molecule has 0 aromatic heterocycles. The highest BCUT2D eigenvalue weighted by atomic mass is 32.2. The second-order valence-electron chi connectivity index (χ2n) is 6.85. The SMILES string of the molecule is O=C(CCN1CCOCC1)OC1CCCCC1SCc1ccccc1. The summed E-state index contributed by atoms with van der Waals surface area (Å²) in [5.74, 6) is 0.955. The first-order chi connectivity index (χ1) is 12.3. The predicted octanol–water partition coefficient (Wildman–Crippen LogP) is 3.50. The maximum Gasteiger partial charge on any atom is 0.307 e. The van der Waals surface area contributed by atoms with E-state index in [4.69, 9.17) is 9.47 Å². The zero-order valence-corrected chi connectivity index (χ0v) is 15.7. The third-order valence-corrected chi connectivity index (χ3v) is 6.43. The number of ether oxygens (including phenoxy) is 2. The lowest BCUT2D eigenvalue weighted by molar-refractivity contribution is -0.150. The lowest BCUT2D eigenvalue weighted by Gasteiger charge is -2.31. The average molecular weight is 364 g/mol. The lowest BCUT2D eigenvalue weighted by Crippen LogP contribution is -2.38. The molecule has 3 rings (SSSR count). The normalized spacial score (nSPS) is 24.8. The van der Waals surface area contributed by atoms with Gasteiger partial charge in [0.25, 0.3) is 0 Å². The van der Waals surface area contributed by atoms with Crippen LogP contribution in [0.25, 0.3) is 0 Å². The van der Waals surface area contributed by atoms with Crippen LogP contribution in [0.15, 0.2) is 30.3 Å². The number of hydrogen-bond donors (Lipinski definition) is 0. The maximum absolute atomic E-state index is 12.3. The molecule has 4 nitrogen and oxygen atoms in total. The van der Waals surface area contributed by atoms with Crippen molar-refractivity contribution < 1.29 is 14.3 Å². The maximum atomic E-state index is 12.3. The summed E-state index contributed by atoms with van der Waals surface area (Å²) in [6, 6.07) is 10.5. The van der Waals surface area contributed by atoms with Gasteiger partial charge in [0.05, 0.1) is 19.6 Å². The highest BCUT2D eigenvalue weighted by Crippen LogP contribution is 2.33. The van der Waals surface area contributed by atoms with Crippen molar-refractivity contribution in [3.63, 3.8) is 0 Å².